The van der Waals surface area contributed by atoms with Gasteiger partial charge in [0.25, 0.3) is 0 Å². The van der Waals surface area contributed by atoms with E-state index in [1.165, 1.54) is 6.33 Å². The van der Waals surface area contributed by atoms with E-state index in [1.54, 1.807) is 11.0 Å². The number of nitrogens with one attached hydrogen (secondary N) is 2. The van der Waals surface area contributed by atoms with Crippen molar-refractivity contribution in [3.8, 4) is 5.69 Å². The average Bonchev–Trinajstić information content (AvgIpc) is 3.17. The number of aliphatic hydroxyl groups excluding tert-OH is 1. The van der Waals surface area contributed by atoms with Crippen LogP contribution in [0.15, 0.2) is 36.9 Å². The van der Waals surface area contributed by atoms with E-state index in [2.05, 4.69) is 20.7 Å². The van der Waals surface area contributed by atoms with Crippen molar-refractivity contribution >= 4 is 6.03 Å². The first-order valence-corrected chi connectivity index (χ1v) is 8.80. The van der Waals surface area contributed by atoms with Gasteiger partial charge in [-0.15, -0.1) is 0 Å². The second kappa shape index (κ2) is 8.11. The van der Waals surface area contributed by atoms with Gasteiger partial charge in [-0.2, -0.15) is 5.10 Å². The molecule has 1 saturated carbocycles. The first-order chi connectivity index (χ1) is 12.2. The van der Waals surface area contributed by atoms with Crippen molar-refractivity contribution in [2.75, 3.05) is 6.61 Å². The van der Waals surface area contributed by atoms with Gasteiger partial charge in [-0.1, -0.05) is 25.0 Å². The van der Waals surface area contributed by atoms with Crippen LogP contribution in [-0.4, -0.2) is 38.6 Å². The Balaban J connectivity index is 1.61. The molecule has 0 unspecified atom stereocenters. The van der Waals surface area contributed by atoms with Crippen LogP contribution in [0.3, 0.4) is 0 Å². The quantitative estimate of drug-likeness (QED) is 0.776. The van der Waals surface area contributed by atoms with Gasteiger partial charge in [0.15, 0.2) is 0 Å². The molecule has 25 heavy (non-hydrogen) atoms. The summed E-state index contributed by atoms with van der Waals surface area (Å²) in [6.07, 6.45) is 7.24. The number of aliphatic hydroxyl groups is 1. The molecule has 1 aromatic heterocycles. The Morgan fingerprint density at radius 1 is 1.40 bits per heavy atom. The minimum atomic E-state index is -0.191. The lowest BCUT2D eigenvalue weighted by Crippen LogP contribution is -2.48. The predicted molar refractivity (Wildman–Crippen MR) is 94.3 cm³/mol. The number of hydrogen-bond acceptors (Lipinski definition) is 4. The molecule has 3 atom stereocenters. The Bertz CT molecular complexity index is 689. The molecule has 7 heteroatoms. The molecule has 0 bridgehead atoms. The molecule has 1 fully saturated rings. The Morgan fingerprint density at radius 2 is 2.24 bits per heavy atom. The number of carbonyl (C=O) groups is 1. The fourth-order valence-electron chi connectivity index (χ4n) is 3.38. The molecule has 3 N–H and O–H groups in total. The highest BCUT2D eigenvalue weighted by Crippen LogP contribution is 2.24. The van der Waals surface area contributed by atoms with Crippen molar-refractivity contribution in [1.29, 1.82) is 0 Å². The van der Waals surface area contributed by atoms with E-state index in [1.807, 2.05) is 31.2 Å². The maximum atomic E-state index is 12.3. The molecular weight excluding hydrogens is 318 g/mol. The Kier molecular flexibility index (Phi) is 5.65. The number of benzene rings is 1. The van der Waals surface area contributed by atoms with Crippen molar-refractivity contribution in [1.82, 2.24) is 25.4 Å². The molecule has 1 aliphatic carbocycles. The topological polar surface area (TPSA) is 92.1 Å². The summed E-state index contributed by atoms with van der Waals surface area (Å²) in [6.45, 7) is 2.07. The highest BCUT2D eigenvalue weighted by Gasteiger charge is 2.26. The third-order valence-corrected chi connectivity index (χ3v) is 4.86. The van der Waals surface area contributed by atoms with Gasteiger partial charge < -0.3 is 15.7 Å². The van der Waals surface area contributed by atoms with E-state index in [9.17, 15) is 9.90 Å². The lowest BCUT2D eigenvalue weighted by atomic mass is 9.85. The van der Waals surface area contributed by atoms with Crippen molar-refractivity contribution in [2.45, 2.75) is 44.7 Å². The minimum absolute atomic E-state index is 0.0485. The van der Waals surface area contributed by atoms with Crippen molar-refractivity contribution in [3.05, 3.63) is 42.5 Å². The van der Waals surface area contributed by atoms with Gasteiger partial charge in [0.05, 0.1) is 11.7 Å². The number of urea groups is 1. The number of carbonyl (C=O) groups excluding carboxylic acids is 1. The zero-order valence-corrected chi connectivity index (χ0v) is 14.4. The summed E-state index contributed by atoms with van der Waals surface area (Å²) in [5, 5.41) is 19.6. The van der Waals surface area contributed by atoms with Crippen LogP contribution in [-0.2, 0) is 0 Å². The van der Waals surface area contributed by atoms with Crippen LogP contribution >= 0.6 is 0 Å². The lowest BCUT2D eigenvalue weighted by Gasteiger charge is -2.31. The second-order valence-corrected chi connectivity index (χ2v) is 6.61. The maximum Gasteiger partial charge on any atom is 0.315 e. The fraction of sp³-hybridized carbons (Fsp3) is 0.500. The van der Waals surface area contributed by atoms with Gasteiger partial charge in [0.1, 0.15) is 12.7 Å². The molecule has 3 rings (SSSR count). The molecule has 1 aliphatic rings. The summed E-state index contributed by atoms with van der Waals surface area (Å²) in [5.41, 5.74) is 1.89. The second-order valence-electron chi connectivity index (χ2n) is 6.61. The van der Waals surface area contributed by atoms with Gasteiger partial charge in [-0.3, -0.25) is 0 Å². The summed E-state index contributed by atoms with van der Waals surface area (Å²) in [5.74, 6) is 0.158. The predicted octanol–water partition coefficient (Wildman–Crippen LogP) is 2.18. The SMILES string of the molecule is C[C@H](NC(=O)N[C@H]1CCCC[C@@H]1CO)c1cccc(-n2cncn2)c1. The Labute approximate surface area is 147 Å². The smallest absolute Gasteiger partial charge is 0.315 e. The number of amides is 2. The van der Waals surface area contributed by atoms with E-state index < -0.39 is 0 Å². The summed E-state index contributed by atoms with van der Waals surface area (Å²) in [4.78, 5) is 16.3. The molecule has 134 valence electrons. The average molecular weight is 343 g/mol. The van der Waals surface area contributed by atoms with E-state index in [0.29, 0.717) is 0 Å². The van der Waals surface area contributed by atoms with Gasteiger partial charge >= 0.3 is 6.03 Å². The zero-order chi connectivity index (χ0) is 17.6. The molecule has 0 radical (unpaired) electrons. The van der Waals surface area contributed by atoms with Crippen LogP contribution in [0.5, 0.6) is 0 Å². The minimum Gasteiger partial charge on any atom is -0.396 e. The third-order valence-electron chi connectivity index (χ3n) is 4.86. The molecule has 0 aliphatic heterocycles. The van der Waals surface area contributed by atoms with Crippen LogP contribution < -0.4 is 10.6 Å². The van der Waals surface area contributed by atoms with Crippen LogP contribution in [0.1, 0.15) is 44.2 Å². The summed E-state index contributed by atoms with van der Waals surface area (Å²) >= 11 is 0. The molecule has 1 aromatic carbocycles. The maximum absolute atomic E-state index is 12.3. The van der Waals surface area contributed by atoms with E-state index in [0.717, 1.165) is 36.9 Å². The molecule has 0 saturated heterocycles. The van der Waals surface area contributed by atoms with Crippen LogP contribution in [0, 0.1) is 5.92 Å². The number of nitrogens with zero attached hydrogens (tertiary/aromatic N) is 3. The molecule has 2 amide bonds. The zero-order valence-electron chi connectivity index (χ0n) is 14.4. The molecule has 2 aromatic rings. The standard InChI is InChI=1S/C18H25N5O2/c1-13(14-6-4-7-16(9-14)23-12-19-11-20-23)21-18(25)22-17-8-3-2-5-15(17)10-24/h4,6-7,9,11-13,15,17,24H,2-3,5,8,10H2,1H3,(H2,21,22,25)/t13-,15+,17-/m0/s1. The van der Waals surface area contributed by atoms with Gasteiger partial charge in [-0.25, -0.2) is 14.5 Å². The first kappa shape index (κ1) is 17.4. The summed E-state index contributed by atoms with van der Waals surface area (Å²) in [7, 11) is 0. The van der Waals surface area contributed by atoms with Gasteiger partial charge in [0.2, 0.25) is 0 Å². The molecule has 0 spiro atoms. The molecule has 1 heterocycles. The lowest BCUT2D eigenvalue weighted by molar-refractivity contribution is 0.153. The summed E-state index contributed by atoms with van der Waals surface area (Å²) < 4.78 is 1.68. The molecular formula is C18H25N5O2. The normalized spacial score (nSPS) is 21.5. The largest absolute Gasteiger partial charge is 0.396 e. The van der Waals surface area contributed by atoms with Crippen LogP contribution in [0.2, 0.25) is 0 Å². The Hall–Kier alpha value is -2.41. The van der Waals surface area contributed by atoms with E-state index in [-0.39, 0.29) is 30.6 Å². The van der Waals surface area contributed by atoms with E-state index in [4.69, 9.17) is 0 Å². The fourth-order valence-corrected chi connectivity index (χ4v) is 3.38. The van der Waals surface area contributed by atoms with Crippen molar-refractivity contribution in [2.24, 2.45) is 5.92 Å². The number of hydrogen-bond donors (Lipinski definition) is 3. The highest BCUT2D eigenvalue weighted by atomic mass is 16.3. The highest BCUT2D eigenvalue weighted by molar-refractivity contribution is 5.74. The van der Waals surface area contributed by atoms with Crippen molar-refractivity contribution in [3.63, 3.8) is 0 Å². The molecule has 7 nitrogen and oxygen atoms in total. The van der Waals surface area contributed by atoms with Crippen molar-refractivity contribution < 1.29 is 9.90 Å². The monoisotopic (exact) mass is 343 g/mol. The van der Waals surface area contributed by atoms with Crippen LogP contribution in [0.25, 0.3) is 5.69 Å². The number of rotatable bonds is 5. The van der Waals surface area contributed by atoms with Gasteiger partial charge in [0, 0.05) is 18.6 Å². The summed E-state index contributed by atoms with van der Waals surface area (Å²) in [6, 6.07) is 7.56. The van der Waals surface area contributed by atoms with Gasteiger partial charge in [-0.05, 0) is 37.5 Å². The van der Waals surface area contributed by atoms with Crippen LogP contribution in [0.4, 0.5) is 4.79 Å². The first-order valence-electron chi connectivity index (χ1n) is 8.80. The van der Waals surface area contributed by atoms with E-state index >= 15 is 0 Å². The Morgan fingerprint density at radius 3 is 3.00 bits per heavy atom. The third kappa shape index (κ3) is 4.36. The number of aromatic nitrogens is 3.